The average Bonchev–Trinajstić information content (AvgIpc) is 2.57. The number of rotatable bonds is 4. The van der Waals surface area contributed by atoms with Crippen LogP contribution in [-0.4, -0.2) is 9.67 Å². The zero-order valence-electron chi connectivity index (χ0n) is 12.8. The van der Waals surface area contributed by atoms with Crippen LogP contribution in [0.3, 0.4) is 0 Å². The van der Waals surface area contributed by atoms with Crippen molar-refractivity contribution in [2.45, 2.75) is 13.5 Å². The van der Waals surface area contributed by atoms with Crippen LogP contribution < -0.4 is 10.2 Å². The summed E-state index contributed by atoms with van der Waals surface area (Å²) in [6.45, 7) is 2.19. The predicted molar refractivity (Wildman–Crippen MR) is 89.2 cm³/mol. The second-order valence-corrected chi connectivity index (χ2v) is 5.26. The Labute approximate surface area is 134 Å². The molecule has 3 rings (SSSR count). The van der Waals surface area contributed by atoms with Crippen LogP contribution in [0.1, 0.15) is 11.3 Å². The SMILES string of the molecule is Cc1c(OCc2ccccc2)c(=O)ccn1-c1ccc(O)cc1. The van der Waals surface area contributed by atoms with E-state index >= 15 is 0 Å². The molecule has 0 spiro atoms. The van der Waals surface area contributed by atoms with Gasteiger partial charge in [0.25, 0.3) is 0 Å². The van der Waals surface area contributed by atoms with Crippen LogP contribution in [0.25, 0.3) is 5.69 Å². The molecule has 4 nitrogen and oxygen atoms in total. The Morgan fingerprint density at radius 3 is 2.39 bits per heavy atom. The van der Waals surface area contributed by atoms with Crippen LogP contribution >= 0.6 is 0 Å². The van der Waals surface area contributed by atoms with Crippen LogP contribution in [0.2, 0.25) is 0 Å². The molecule has 23 heavy (non-hydrogen) atoms. The van der Waals surface area contributed by atoms with Gasteiger partial charge in [-0.05, 0) is 36.8 Å². The summed E-state index contributed by atoms with van der Waals surface area (Å²) in [4.78, 5) is 12.1. The summed E-state index contributed by atoms with van der Waals surface area (Å²) < 4.78 is 7.62. The van der Waals surface area contributed by atoms with E-state index in [1.807, 2.05) is 41.8 Å². The molecule has 1 aromatic heterocycles. The lowest BCUT2D eigenvalue weighted by molar-refractivity contribution is 0.298. The number of aromatic nitrogens is 1. The molecular weight excluding hydrogens is 290 g/mol. The molecule has 1 heterocycles. The van der Waals surface area contributed by atoms with Crippen molar-refractivity contribution < 1.29 is 9.84 Å². The maximum atomic E-state index is 12.1. The largest absolute Gasteiger partial charge is 0.508 e. The van der Waals surface area contributed by atoms with E-state index in [1.54, 1.807) is 30.5 Å². The van der Waals surface area contributed by atoms with Gasteiger partial charge in [0.2, 0.25) is 5.43 Å². The van der Waals surface area contributed by atoms with Gasteiger partial charge in [0.1, 0.15) is 12.4 Å². The predicted octanol–water partition coefficient (Wildman–Crippen LogP) is 3.43. The molecule has 0 unspecified atom stereocenters. The maximum Gasteiger partial charge on any atom is 0.223 e. The molecule has 0 aliphatic heterocycles. The average molecular weight is 307 g/mol. The number of benzene rings is 2. The van der Waals surface area contributed by atoms with Gasteiger partial charge in [0.05, 0.1) is 5.69 Å². The monoisotopic (exact) mass is 307 g/mol. The fourth-order valence-electron chi connectivity index (χ4n) is 2.42. The molecule has 1 N–H and O–H groups in total. The van der Waals surface area contributed by atoms with Crippen LogP contribution in [0, 0.1) is 6.92 Å². The number of nitrogens with zero attached hydrogens (tertiary/aromatic N) is 1. The molecule has 0 atom stereocenters. The van der Waals surface area contributed by atoms with Gasteiger partial charge in [-0.3, -0.25) is 4.79 Å². The first-order valence-corrected chi connectivity index (χ1v) is 7.33. The summed E-state index contributed by atoms with van der Waals surface area (Å²) in [6, 6.07) is 18.0. The summed E-state index contributed by atoms with van der Waals surface area (Å²) in [5.41, 5.74) is 2.43. The molecule has 0 amide bonds. The first kappa shape index (κ1) is 14.9. The van der Waals surface area contributed by atoms with Crippen LogP contribution in [-0.2, 0) is 6.61 Å². The minimum atomic E-state index is -0.145. The van der Waals surface area contributed by atoms with Crippen molar-refractivity contribution in [2.75, 3.05) is 0 Å². The fourth-order valence-corrected chi connectivity index (χ4v) is 2.42. The molecule has 0 fully saturated rings. The highest BCUT2D eigenvalue weighted by Crippen LogP contribution is 2.20. The normalized spacial score (nSPS) is 10.5. The minimum absolute atomic E-state index is 0.145. The molecule has 4 heteroatoms. The third-order valence-corrected chi connectivity index (χ3v) is 3.64. The first-order valence-electron chi connectivity index (χ1n) is 7.33. The van der Waals surface area contributed by atoms with Gasteiger partial charge in [0, 0.05) is 18.0 Å². The Kier molecular flexibility index (Phi) is 4.15. The third-order valence-electron chi connectivity index (χ3n) is 3.64. The molecule has 0 saturated carbocycles. The van der Waals surface area contributed by atoms with Gasteiger partial charge in [-0.25, -0.2) is 0 Å². The molecule has 116 valence electrons. The van der Waals surface area contributed by atoms with Crippen molar-refractivity contribution in [3.63, 3.8) is 0 Å². The standard InChI is InChI=1S/C19H17NO3/c1-14-19(23-13-15-5-3-2-4-6-15)18(22)11-12-20(14)16-7-9-17(21)10-8-16/h2-12,21H,13H2,1H3. The van der Waals surface area contributed by atoms with Crippen LogP contribution in [0.5, 0.6) is 11.5 Å². The zero-order chi connectivity index (χ0) is 16.2. The van der Waals surface area contributed by atoms with Gasteiger partial charge in [-0.15, -0.1) is 0 Å². The van der Waals surface area contributed by atoms with Gasteiger partial charge in [0.15, 0.2) is 5.75 Å². The highest BCUT2D eigenvalue weighted by Gasteiger charge is 2.10. The van der Waals surface area contributed by atoms with Crippen molar-refractivity contribution in [2.24, 2.45) is 0 Å². The first-order chi connectivity index (χ1) is 11.1. The molecular formula is C19H17NO3. The van der Waals surface area contributed by atoms with Gasteiger partial charge in [-0.2, -0.15) is 0 Å². The summed E-state index contributed by atoms with van der Waals surface area (Å²) in [5, 5.41) is 9.40. The van der Waals surface area contributed by atoms with Crippen molar-refractivity contribution in [3.8, 4) is 17.2 Å². The molecule has 3 aromatic rings. The maximum absolute atomic E-state index is 12.1. The minimum Gasteiger partial charge on any atom is -0.508 e. The Morgan fingerprint density at radius 1 is 1.00 bits per heavy atom. The lowest BCUT2D eigenvalue weighted by Crippen LogP contribution is -2.14. The van der Waals surface area contributed by atoms with Crippen molar-refractivity contribution in [3.05, 3.63) is 88.3 Å². The van der Waals surface area contributed by atoms with Crippen molar-refractivity contribution >= 4 is 0 Å². The highest BCUT2D eigenvalue weighted by atomic mass is 16.5. The van der Waals surface area contributed by atoms with Crippen molar-refractivity contribution in [1.29, 1.82) is 0 Å². The number of pyridine rings is 1. The van der Waals surface area contributed by atoms with Gasteiger partial charge in [-0.1, -0.05) is 30.3 Å². The van der Waals surface area contributed by atoms with Gasteiger partial charge >= 0.3 is 0 Å². The number of ether oxygens (including phenoxy) is 1. The second-order valence-electron chi connectivity index (χ2n) is 5.26. The molecule has 0 aliphatic rings. The molecule has 0 aliphatic carbocycles. The Bertz CT molecular complexity index is 852. The van der Waals surface area contributed by atoms with E-state index in [0.29, 0.717) is 12.4 Å². The van der Waals surface area contributed by atoms with Crippen LogP contribution in [0.4, 0.5) is 0 Å². The lowest BCUT2D eigenvalue weighted by atomic mass is 10.2. The zero-order valence-corrected chi connectivity index (χ0v) is 12.8. The smallest absolute Gasteiger partial charge is 0.223 e. The van der Waals surface area contributed by atoms with E-state index in [2.05, 4.69) is 0 Å². The number of aromatic hydroxyl groups is 1. The van der Waals surface area contributed by atoms with E-state index in [4.69, 9.17) is 4.74 Å². The quantitative estimate of drug-likeness (QED) is 0.803. The van der Waals surface area contributed by atoms with Crippen LogP contribution in [0.15, 0.2) is 71.7 Å². The Hall–Kier alpha value is -3.01. The molecule has 0 radical (unpaired) electrons. The number of phenols is 1. The molecule has 2 aromatic carbocycles. The fraction of sp³-hybridized carbons (Fsp3) is 0.105. The lowest BCUT2D eigenvalue weighted by Gasteiger charge is -2.15. The number of hydrogen-bond acceptors (Lipinski definition) is 3. The molecule has 0 bridgehead atoms. The summed E-state index contributed by atoms with van der Waals surface area (Å²) in [7, 11) is 0. The third kappa shape index (κ3) is 3.26. The van der Waals surface area contributed by atoms with E-state index in [-0.39, 0.29) is 11.2 Å². The van der Waals surface area contributed by atoms with Gasteiger partial charge < -0.3 is 14.4 Å². The van der Waals surface area contributed by atoms with E-state index in [9.17, 15) is 9.90 Å². The van der Waals surface area contributed by atoms with E-state index in [1.165, 1.54) is 6.07 Å². The molecule has 0 saturated heterocycles. The highest BCUT2D eigenvalue weighted by molar-refractivity contribution is 5.41. The Morgan fingerprint density at radius 2 is 1.70 bits per heavy atom. The number of phenolic OH excluding ortho intramolecular Hbond substituents is 1. The Balaban J connectivity index is 1.92. The summed E-state index contributed by atoms with van der Waals surface area (Å²) in [5.74, 6) is 0.539. The second kappa shape index (κ2) is 6.40. The topological polar surface area (TPSA) is 51.5 Å². The summed E-state index contributed by atoms with van der Waals surface area (Å²) in [6.07, 6.45) is 1.71. The van der Waals surface area contributed by atoms with E-state index in [0.717, 1.165) is 16.9 Å². The summed E-state index contributed by atoms with van der Waals surface area (Å²) >= 11 is 0. The van der Waals surface area contributed by atoms with E-state index < -0.39 is 0 Å². The number of hydrogen-bond donors (Lipinski definition) is 1. The van der Waals surface area contributed by atoms with Crippen molar-refractivity contribution in [1.82, 2.24) is 4.57 Å².